The maximum atomic E-state index is 12.9. The van der Waals surface area contributed by atoms with E-state index in [1.807, 2.05) is 40.8 Å². The minimum Gasteiger partial charge on any atom is -0.336 e. The van der Waals surface area contributed by atoms with Gasteiger partial charge >= 0.3 is 0 Å². The molecule has 1 aliphatic rings. The van der Waals surface area contributed by atoms with Gasteiger partial charge in [-0.15, -0.1) is 0 Å². The lowest BCUT2D eigenvalue weighted by atomic mass is 10.1. The highest BCUT2D eigenvalue weighted by molar-refractivity contribution is 5.95. The molecule has 6 heteroatoms. The SMILES string of the molecule is Cc1c(C(=O)N2CCN(Cc3ccc(C#N)cc3)CC2)cnn1C(C)(C)C. The van der Waals surface area contributed by atoms with Crippen molar-refractivity contribution in [3.63, 3.8) is 0 Å². The van der Waals surface area contributed by atoms with E-state index in [-0.39, 0.29) is 11.4 Å². The van der Waals surface area contributed by atoms with Crippen LogP contribution in [0.25, 0.3) is 0 Å². The minimum atomic E-state index is -0.137. The highest BCUT2D eigenvalue weighted by Crippen LogP contribution is 2.20. The van der Waals surface area contributed by atoms with Gasteiger partial charge in [-0.1, -0.05) is 12.1 Å². The van der Waals surface area contributed by atoms with Crippen LogP contribution in [0.3, 0.4) is 0 Å². The molecular formula is C21H27N5O. The monoisotopic (exact) mass is 365 g/mol. The van der Waals surface area contributed by atoms with Crippen LogP contribution in [0.4, 0.5) is 0 Å². The summed E-state index contributed by atoms with van der Waals surface area (Å²) in [5.74, 6) is 0.0704. The van der Waals surface area contributed by atoms with E-state index >= 15 is 0 Å². The van der Waals surface area contributed by atoms with Crippen molar-refractivity contribution in [2.75, 3.05) is 26.2 Å². The lowest BCUT2D eigenvalue weighted by molar-refractivity contribution is 0.0627. The van der Waals surface area contributed by atoms with Gasteiger partial charge in [0.15, 0.2) is 0 Å². The Hall–Kier alpha value is -2.65. The second-order valence-corrected chi connectivity index (χ2v) is 8.10. The van der Waals surface area contributed by atoms with E-state index in [4.69, 9.17) is 5.26 Å². The van der Waals surface area contributed by atoms with Gasteiger partial charge in [0.05, 0.1) is 28.9 Å². The number of rotatable bonds is 3. The highest BCUT2D eigenvalue weighted by Gasteiger charge is 2.27. The van der Waals surface area contributed by atoms with Crippen LogP contribution in [0.1, 0.15) is 48.0 Å². The number of carbonyl (C=O) groups excluding carboxylic acids is 1. The Morgan fingerprint density at radius 1 is 1.15 bits per heavy atom. The molecule has 1 fully saturated rings. The zero-order chi connectivity index (χ0) is 19.6. The second-order valence-electron chi connectivity index (χ2n) is 8.10. The summed E-state index contributed by atoms with van der Waals surface area (Å²) in [5, 5.41) is 13.3. The standard InChI is InChI=1S/C21H27N5O/c1-16-19(14-23-26(16)21(2,3)4)20(27)25-11-9-24(10-12-25)15-18-7-5-17(13-22)6-8-18/h5-8,14H,9-12,15H2,1-4H3. The summed E-state index contributed by atoms with van der Waals surface area (Å²) in [5.41, 5.74) is 3.36. The van der Waals surface area contributed by atoms with Crippen molar-refractivity contribution in [1.29, 1.82) is 5.26 Å². The Kier molecular flexibility index (Phi) is 5.33. The van der Waals surface area contributed by atoms with Crippen molar-refractivity contribution in [3.05, 3.63) is 52.8 Å². The van der Waals surface area contributed by atoms with E-state index in [2.05, 4.69) is 36.8 Å². The van der Waals surface area contributed by atoms with Gasteiger partial charge in [-0.2, -0.15) is 10.4 Å². The van der Waals surface area contributed by atoms with E-state index in [1.54, 1.807) is 6.20 Å². The minimum absolute atomic E-state index is 0.0704. The van der Waals surface area contributed by atoms with Gasteiger partial charge in [0, 0.05) is 38.4 Å². The Bertz CT molecular complexity index is 846. The Labute approximate surface area is 161 Å². The van der Waals surface area contributed by atoms with Crippen LogP contribution in [0.2, 0.25) is 0 Å². The van der Waals surface area contributed by atoms with Crippen molar-refractivity contribution < 1.29 is 4.79 Å². The van der Waals surface area contributed by atoms with Crippen molar-refractivity contribution in [2.24, 2.45) is 0 Å². The van der Waals surface area contributed by atoms with Crippen LogP contribution >= 0.6 is 0 Å². The summed E-state index contributed by atoms with van der Waals surface area (Å²) >= 11 is 0. The number of piperazine rings is 1. The molecule has 27 heavy (non-hydrogen) atoms. The average molecular weight is 365 g/mol. The fourth-order valence-corrected chi connectivity index (χ4v) is 3.52. The van der Waals surface area contributed by atoms with Crippen LogP contribution in [0, 0.1) is 18.3 Å². The molecule has 0 N–H and O–H groups in total. The van der Waals surface area contributed by atoms with Crippen LogP contribution < -0.4 is 0 Å². The normalized spacial score (nSPS) is 15.6. The van der Waals surface area contributed by atoms with E-state index in [1.165, 1.54) is 5.56 Å². The molecule has 1 saturated heterocycles. The number of hydrogen-bond acceptors (Lipinski definition) is 4. The third-order valence-electron chi connectivity index (χ3n) is 5.02. The molecular weight excluding hydrogens is 338 g/mol. The number of benzene rings is 1. The van der Waals surface area contributed by atoms with E-state index in [9.17, 15) is 4.79 Å². The highest BCUT2D eigenvalue weighted by atomic mass is 16.2. The maximum Gasteiger partial charge on any atom is 0.257 e. The molecule has 0 atom stereocenters. The average Bonchev–Trinajstić information content (AvgIpc) is 3.04. The first kappa shape index (κ1) is 19.1. The summed E-state index contributed by atoms with van der Waals surface area (Å²) in [7, 11) is 0. The first-order valence-corrected chi connectivity index (χ1v) is 9.35. The van der Waals surface area contributed by atoms with Crippen molar-refractivity contribution in [1.82, 2.24) is 19.6 Å². The molecule has 0 bridgehead atoms. The molecule has 0 saturated carbocycles. The Morgan fingerprint density at radius 3 is 2.30 bits per heavy atom. The van der Waals surface area contributed by atoms with E-state index in [0.717, 1.165) is 38.4 Å². The fraction of sp³-hybridized carbons (Fsp3) is 0.476. The lowest BCUT2D eigenvalue weighted by Crippen LogP contribution is -2.48. The summed E-state index contributed by atoms with van der Waals surface area (Å²) in [6, 6.07) is 9.85. The van der Waals surface area contributed by atoms with E-state index in [0.29, 0.717) is 11.1 Å². The third-order valence-corrected chi connectivity index (χ3v) is 5.02. The number of carbonyl (C=O) groups is 1. The van der Waals surface area contributed by atoms with Gasteiger partial charge in [0.2, 0.25) is 0 Å². The number of amides is 1. The first-order valence-electron chi connectivity index (χ1n) is 9.35. The molecule has 6 nitrogen and oxygen atoms in total. The topological polar surface area (TPSA) is 65.2 Å². The summed E-state index contributed by atoms with van der Waals surface area (Å²) in [6.45, 7) is 12.2. The molecule has 142 valence electrons. The van der Waals surface area contributed by atoms with Gasteiger partial charge in [-0.25, -0.2) is 0 Å². The molecule has 2 heterocycles. The van der Waals surface area contributed by atoms with Crippen molar-refractivity contribution in [3.8, 4) is 6.07 Å². The number of nitrogens with zero attached hydrogens (tertiary/aromatic N) is 5. The summed E-state index contributed by atoms with van der Waals surface area (Å²) in [6.07, 6.45) is 1.70. The molecule has 1 amide bonds. The third kappa shape index (κ3) is 4.20. The predicted molar refractivity (Wildman–Crippen MR) is 104 cm³/mol. The van der Waals surface area contributed by atoms with Crippen LogP contribution in [0.15, 0.2) is 30.5 Å². The second kappa shape index (κ2) is 7.53. The maximum absolute atomic E-state index is 12.9. The lowest BCUT2D eigenvalue weighted by Gasteiger charge is -2.34. The van der Waals surface area contributed by atoms with Gasteiger partial charge in [0.25, 0.3) is 5.91 Å². The smallest absolute Gasteiger partial charge is 0.257 e. The zero-order valence-electron chi connectivity index (χ0n) is 16.6. The predicted octanol–water partition coefficient (Wildman–Crippen LogP) is 2.78. The molecule has 1 aromatic heterocycles. The van der Waals surface area contributed by atoms with Gasteiger partial charge in [-0.05, 0) is 45.4 Å². The fourth-order valence-electron chi connectivity index (χ4n) is 3.52. The van der Waals surface area contributed by atoms with Crippen molar-refractivity contribution >= 4 is 5.91 Å². The molecule has 3 rings (SSSR count). The van der Waals surface area contributed by atoms with E-state index < -0.39 is 0 Å². The first-order chi connectivity index (χ1) is 12.8. The van der Waals surface area contributed by atoms with Crippen LogP contribution in [0.5, 0.6) is 0 Å². The summed E-state index contributed by atoms with van der Waals surface area (Å²) < 4.78 is 1.92. The molecule has 0 radical (unpaired) electrons. The Balaban J connectivity index is 1.59. The summed E-state index contributed by atoms with van der Waals surface area (Å²) in [4.78, 5) is 17.2. The molecule has 1 aromatic carbocycles. The van der Waals surface area contributed by atoms with Crippen LogP contribution in [-0.4, -0.2) is 51.7 Å². The zero-order valence-corrected chi connectivity index (χ0v) is 16.6. The van der Waals surface area contributed by atoms with Gasteiger partial charge in [-0.3, -0.25) is 14.4 Å². The molecule has 0 aliphatic carbocycles. The molecule has 2 aromatic rings. The number of aromatic nitrogens is 2. The van der Waals surface area contributed by atoms with Gasteiger partial charge < -0.3 is 4.90 Å². The number of nitriles is 1. The number of hydrogen-bond donors (Lipinski definition) is 0. The van der Waals surface area contributed by atoms with Gasteiger partial charge in [0.1, 0.15) is 0 Å². The molecule has 0 unspecified atom stereocenters. The quantitative estimate of drug-likeness (QED) is 0.839. The largest absolute Gasteiger partial charge is 0.336 e. The molecule has 0 spiro atoms. The van der Waals surface area contributed by atoms with Crippen molar-refractivity contribution in [2.45, 2.75) is 39.8 Å². The van der Waals surface area contributed by atoms with Crippen LogP contribution in [-0.2, 0) is 12.1 Å². The molecule has 1 aliphatic heterocycles. The Morgan fingerprint density at radius 2 is 1.78 bits per heavy atom.